The minimum atomic E-state index is -1.18. The Morgan fingerprint density at radius 1 is 1.31 bits per heavy atom. The molecule has 0 unspecified atom stereocenters. The normalized spacial score (nSPS) is 10.6. The summed E-state index contributed by atoms with van der Waals surface area (Å²) in [4.78, 5) is 25.3. The first-order chi connectivity index (χ1) is 7.47. The summed E-state index contributed by atoms with van der Waals surface area (Å²) in [6, 6.07) is 2.95. The van der Waals surface area contributed by atoms with E-state index < -0.39 is 5.97 Å². The van der Waals surface area contributed by atoms with Crippen molar-refractivity contribution in [2.45, 2.75) is 6.42 Å². The van der Waals surface area contributed by atoms with Gasteiger partial charge in [0.05, 0.1) is 12.1 Å². The summed E-state index contributed by atoms with van der Waals surface area (Å²) in [7, 11) is 0. The smallest absolute Gasteiger partial charge is 0.328 e. The fraction of sp³-hybridized carbons (Fsp3) is 0.100. The maximum absolute atomic E-state index is 11.3. The van der Waals surface area contributed by atoms with E-state index in [1.165, 1.54) is 12.1 Å². The monoisotopic (exact) mass is 259 g/mol. The molecule has 0 bridgehead atoms. The average Bonchev–Trinajstić information content (AvgIpc) is 2.12. The van der Waals surface area contributed by atoms with Gasteiger partial charge in [0, 0.05) is 11.1 Å². The number of rotatable bonds is 4. The Labute approximate surface area is 102 Å². The molecule has 0 saturated carbocycles. The van der Waals surface area contributed by atoms with Crippen molar-refractivity contribution in [3.8, 4) is 0 Å². The van der Waals surface area contributed by atoms with Gasteiger partial charge in [-0.1, -0.05) is 23.2 Å². The van der Waals surface area contributed by atoms with E-state index in [0.717, 1.165) is 12.2 Å². The third kappa shape index (κ3) is 4.42. The van der Waals surface area contributed by atoms with E-state index in [4.69, 9.17) is 28.3 Å². The molecule has 0 radical (unpaired) electrons. The van der Waals surface area contributed by atoms with Crippen LogP contribution in [-0.4, -0.2) is 21.8 Å². The number of ketones is 1. The molecule has 4 nitrogen and oxygen atoms in total. The van der Waals surface area contributed by atoms with Gasteiger partial charge in [0.25, 0.3) is 0 Å². The van der Waals surface area contributed by atoms with Crippen LogP contribution in [0.5, 0.6) is 0 Å². The van der Waals surface area contributed by atoms with Crippen molar-refractivity contribution in [1.82, 2.24) is 4.98 Å². The van der Waals surface area contributed by atoms with Crippen LogP contribution < -0.4 is 0 Å². The Kier molecular flexibility index (Phi) is 4.46. The van der Waals surface area contributed by atoms with Crippen LogP contribution in [0.1, 0.15) is 5.69 Å². The van der Waals surface area contributed by atoms with Gasteiger partial charge in [0.15, 0.2) is 5.78 Å². The molecule has 1 N–H and O–H groups in total. The van der Waals surface area contributed by atoms with Crippen molar-refractivity contribution >= 4 is 35.0 Å². The summed E-state index contributed by atoms with van der Waals surface area (Å²) in [6.45, 7) is 0. The van der Waals surface area contributed by atoms with Crippen LogP contribution in [0.3, 0.4) is 0 Å². The number of nitrogens with zero attached hydrogens (tertiary/aromatic N) is 1. The van der Waals surface area contributed by atoms with Gasteiger partial charge in [-0.15, -0.1) is 0 Å². The standard InChI is InChI=1S/C10H7Cl2NO3/c11-6-3-7(13-9(12)4-6)5-8(14)1-2-10(15)16/h1-4H,5H2,(H,15,16)/b2-1+. The van der Waals surface area contributed by atoms with Gasteiger partial charge in [-0.2, -0.15) is 0 Å². The molecule has 0 saturated heterocycles. The van der Waals surface area contributed by atoms with Crippen molar-refractivity contribution in [3.63, 3.8) is 0 Å². The van der Waals surface area contributed by atoms with E-state index in [9.17, 15) is 9.59 Å². The van der Waals surface area contributed by atoms with Crippen LogP contribution in [0.15, 0.2) is 24.3 Å². The molecule has 0 aromatic carbocycles. The number of carbonyl (C=O) groups excluding carboxylic acids is 1. The minimum Gasteiger partial charge on any atom is -0.478 e. The molecule has 1 aromatic rings. The molecule has 16 heavy (non-hydrogen) atoms. The van der Waals surface area contributed by atoms with E-state index in [1.54, 1.807) is 0 Å². The van der Waals surface area contributed by atoms with E-state index in [2.05, 4.69) is 4.98 Å². The number of halogens is 2. The van der Waals surface area contributed by atoms with Crippen molar-refractivity contribution in [2.24, 2.45) is 0 Å². The summed E-state index contributed by atoms with van der Waals surface area (Å²) < 4.78 is 0. The number of hydrogen-bond donors (Lipinski definition) is 1. The minimum absolute atomic E-state index is 0.0376. The molecule has 6 heteroatoms. The third-order valence-electron chi connectivity index (χ3n) is 1.58. The highest BCUT2D eigenvalue weighted by Crippen LogP contribution is 2.15. The Balaban J connectivity index is 2.73. The predicted octanol–water partition coefficient (Wildman–Crippen LogP) is 2.14. The van der Waals surface area contributed by atoms with Gasteiger partial charge in [0.1, 0.15) is 5.15 Å². The number of allylic oxidation sites excluding steroid dienone is 1. The molecular weight excluding hydrogens is 253 g/mol. The Morgan fingerprint density at radius 3 is 2.56 bits per heavy atom. The van der Waals surface area contributed by atoms with Crippen LogP contribution in [0.4, 0.5) is 0 Å². The zero-order chi connectivity index (χ0) is 12.1. The number of aliphatic carboxylic acids is 1. The van der Waals surface area contributed by atoms with Gasteiger partial charge in [-0.05, 0) is 18.2 Å². The third-order valence-corrected chi connectivity index (χ3v) is 1.99. The lowest BCUT2D eigenvalue weighted by Crippen LogP contribution is -2.02. The topological polar surface area (TPSA) is 67.3 Å². The van der Waals surface area contributed by atoms with Crippen LogP contribution >= 0.6 is 23.2 Å². The number of hydrogen-bond acceptors (Lipinski definition) is 3. The molecule has 1 aromatic heterocycles. The molecule has 0 aliphatic heterocycles. The highest BCUT2D eigenvalue weighted by molar-refractivity contribution is 6.33. The maximum Gasteiger partial charge on any atom is 0.328 e. The van der Waals surface area contributed by atoms with Crippen molar-refractivity contribution in [1.29, 1.82) is 0 Å². The first-order valence-electron chi connectivity index (χ1n) is 4.23. The van der Waals surface area contributed by atoms with Gasteiger partial charge >= 0.3 is 5.97 Å². The second kappa shape index (κ2) is 5.63. The Hall–Kier alpha value is -1.39. The van der Waals surface area contributed by atoms with Crippen molar-refractivity contribution < 1.29 is 14.7 Å². The number of carbonyl (C=O) groups is 2. The van der Waals surface area contributed by atoms with E-state index >= 15 is 0 Å². The average molecular weight is 260 g/mol. The molecule has 1 rings (SSSR count). The molecule has 0 atom stereocenters. The SMILES string of the molecule is O=C(O)/C=C/C(=O)Cc1cc(Cl)cc(Cl)n1. The highest BCUT2D eigenvalue weighted by Gasteiger charge is 2.04. The number of carboxylic acids is 1. The quantitative estimate of drug-likeness (QED) is 0.665. The van der Waals surface area contributed by atoms with E-state index in [-0.39, 0.29) is 17.4 Å². The molecular formula is C10H7Cl2NO3. The van der Waals surface area contributed by atoms with Gasteiger partial charge in [-0.3, -0.25) is 4.79 Å². The molecule has 84 valence electrons. The van der Waals surface area contributed by atoms with Gasteiger partial charge in [-0.25, -0.2) is 9.78 Å². The molecule has 0 aliphatic carbocycles. The van der Waals surface area contributed by atoms with Crippen molar-refractivity contribution in [3.05, 3.63) is 40.2 Å². The summed E-state index contributed by atoms with van der Waals surface area (Å²) in [6.07, 6.45) is 1.71. The van der Waals surface area contributed by atoms with Crippen molar-refractivity contribution in [2.75, 3.05) is 0 Å². The molecule has 0 spiro atoms. The lowest BCUT2D eigenvalue weighted by Gasteiger charge is -1.99. The second-order valence-corrected chi connectivity index (χ2v) is 3.74. The van der Waals surface area contributed by atoms with Crippen LogP contribution in [-0.2, 0) is 16.0 Å². The van der Waals surface area contributed by atoms with Gasteiger partial charge < -0.3 is 5.11 Å². The second-order valence-electron chi connectivity index (χ2n) is 2.91. The fourth-order valence-corrected chi connectivity index (χ4v) is 1.52. The summed E-state index contributed by atoms with van der Waals surface area (Å²) in [5, 5.41) is 8.89. The zero-order valence-electron chi connectivity index (χ0n) is 7.98. The summed E-state index contributed by atoms with van der Waals surface area (Å²) in [5.74, 6) is -1.56. The first kappa shape index (κ1) is 12.7. The van der Waals surface area contributed by atoms with E-state index in [1.807, 2.05) is 0 Å². The van der Waals surface area contributed by atoms with Crippen LogP contribution in [0, 0.1) is 0 Å². The van der Waals surface area contributed by atoms with Crippen LogP contribution in [0.2, 0.25) is 10.2 Å². The molecule has 0 amide bonds. The van der Waals surface area contributed by atoms with E-state index in [0.29, 0.717) is 10.7 Å². The largest absolute Gasteiger partial charge is 0.478 e. The van der Waals surface area contributed by atoms with Crippen LogP contribution in [0.25, 0.3) is 0 Å². The summed E-state index contributed by atoms with van der Waals surface area (Å²) >= 11 is 11.4. The van der Waals surface area contributed by atoms with Gasteiger partial charge in [0.2, 0.25) is 0 Å². The highest BCUT2D eigenvalue weighted by atomic mass is 35.5. The Morgan fingerprint density at radius 2 is 2.00 bits per heavy atom. The lowest BCUT2D eigenvalue weighted by atomic mass is 10.2. The zero-order valence-corrected chi connectivity index (χ0v) is 9.50. The number of pyridine rings is 1. The first-order valence-corrected chi connectivity index (χ1v) is 4.99. The number of carboxylic acid groups (broad SMARTS) is 1. The number of aromatic nitrogens is 1. The predicted molar refractivity (Wildman–Crippen MR) is 59.7 cm³/mol. The fourth-order valence-electron chi connectivity index (χ4n) is 1.01. The molecule has 0 fully saturated rings. The summed E-state index contributed by atoms with van der Waals surface area (Å²) in [5.41, 5.74) is 0.400. The lowest BCUT2D eigenvalue weighted by molar-refractivity contribution is -0.131. The molecule has 1 heterocycles. The maximum atomic E-state index is 11.3. The molecule has 0 aliphatic rings. The Bertz CT molecular complexity index is 437.